The maximum absolute atomic E-state index is 12.6. The van der Waals surface area contributed by atoms with Crippen LogP contribution < -0.4 is 9.47 Å². The van der Waals surface area contributed by atoms with Gasteiger partial charge in [0.1, 0.15) is 6.54 Å². The Bertz CT molecular complexity index is 1180. The Balaban J connectivity index is 1.88. The topological polar surface area (TPSA) is 99.2 Å². The molecule has 0 unspecified atom stereocenters. The van der Waals surface area contributed by atoms with Gasteiger partial charge in [-0.05, 0) is 77.4 Å². The van der Waals surface area contributed by atoms with Crippen molar-refractivity contribution >= 4 is 68.5 Å². The molecule has 1 heterocycles. The van der Waals surface area contributed by atoms with Crippen LogP contribution in [0.25, 0.3) is 6.08 Å². The molecule has 2 aromatic rings. The molecule has 0 radical (unpaired) electrons. The highest BCUT2D eigenvalue weighted by molar-refractivity contribution is 9.10. The molecule has 34 heavy (non-hydrogen) atoms. The zero-order chi connectivity index (χ0) is 24.8. The summed E-state index contributed by atoms with van der Waals surface area (Å²) >= 11 is 10.2. The Morgan fingerprint density at radius 2 is 1.88 bits per heavy atom. The molecule has 11 heteroatoms. The molecular formula is C23H19BrClNO7S. The van der Waals surface area contributed by atoms with Crippen LogP contribution in [0.15, 0.2) is 45.8 Å². The lowest BCUT2D eigenvalue weighted by molar-refractivity contribution is -0.145. The Hall–Kier alpha value is -2.82. The first-order chi connectivity index (χ1) is 16.2. The van der Waals surface area contributed by atoms with E-state index in [4.69, 9.17) is 25.8 Å². The van der Waals surface area contributed by atoms with Gasteiger partial charge >= 0.3 is 11.9 Å². The fraction of sp³-hybridized carbons (Fsp3) is 0.217. The fourth-order valence-electron chi connectivity index (χ4n) is 2.93. The number of ether oxygens (including phenoxy) is 3. The van der Waals surface area contributed by atoms with Crippen molar-refractivity contribution < 1.29 is 33.4 Å². The number of imide groups is 1. The quantitative estimate of drug-likeness (QED) is 0.240. The highest BCUT2D eigenvalue weighted by atomic mass is 79.9. The van der Waals surface area contributed by atoms with E-state index in [0.29, 0.717) is 21.8 Å². The maximum Gasteiger partial charge on any atom is 0.345 e. The third kappa shape index (κ3) is 5.99. The van der Waals surface area contributed by atoms with Crippen LogP contribution in [0.4, 0.5) is 4.79 Å². The third-order valence-electron chi connectivity index (χ3n) is 4.38. The summed E-state index contributed by atoms with van der Waals surface area (Å²) in [6.07, 6.45) is 1.49. The van der Waals surface area contributed by atoms with Gasteiger partial charge in [-0.2, -0.15) is 0 Å². The van der Waals surface area contributed by atoms with Crippen molar-refractivity contribution in [1.29, 1.82) is 0 Å². The molecular weight excluding hydrogens is 550 g/mol. The Labute approximate surface area is 213 Å². The van der Waals surface area contributed by atoms with Crippen molar-refractivity contribution in [2.75, 3.05) is 19.8 Å². The van der Waals surface area contributed by atoms with E-state index in [0.717, 1.165) is 4.90 Å². The van der Waals surface area contributed by atoms with Gasteiger partial charge in [-0.1, -0.05) is 23.7 Å². The summed E-state index contributed by atoms with van der Waals surface area (Å²) in [4.78, 5) is 50.1. The first kappa shape index (κ1) is 25.8. The number of thioether (sulfide) groups is 1. The summed E-state index contributed by atoms with van der Waals surface area (Å²) in [6.45, 7) is 3.37. The lowest BCUT2D eigenvalue weighted by atomic mass is 10.1. The molecule has 0 saturated carbocycles. The van der Waals surface area contributed by atoms with E-state index in [1.807, 2.05) is 0 Å². The number of halogens is 2. The van der Waals surface area contributed by atoms with Crippen LogP contribution in [0.1, 0.15) is 29.8 Å². The molecule has 3 rings (SSSR count). The molecule has 0 spiro atoms. The van der Waals surface area contributed by atoms with Gasteiger partial charge in [0.2, 0.25) is 0 Å². The van der Waals surface area contributed by atoms with Crippen LogP contribution in [0.5, 0.6) is 11.5 Å². The smallest absolute Gasteiger partial charge is 0.345 e. The number of esters is 2. The summed E-state index contributed by atoms with van der Waals surface area (Å²) < 4.78 is 16.4. The zero-order valence-electron chi connectivity index (χ0n) is 18.1. The summed E-state index contributed by atoms with van der Waals surface area (Å²) in [5.41, 5.74) is 0.701. The normalized spacial score (nSPS) is 14.5. The Morgan fingerprint density at radius 3 is 2.56 bits per heavy atom. The van der Waals surface area contributed by atoms with Gasteiger partial charge in [-0.3, -0.25) is 19.3 Å². The number of rotatable bonds is 8. The second-order valence-electron chi connectivity index (χ2n) is 6.71. The van der Waals surface area contributed by atoms with Gasteiger partial charge in [0, 0.05) is 0 Å². The van der Waals surface area contributed by atoms with E-state index in [2.05, 4.69) is 15.9 Å². The molecule has 0 atom stereocenters. The predicted octanol–water partition coefficient (Wildman–Crippen LogP) is 5.32. The maximum atomic E-state index is 12.6. The fourth-order valence-corrected chi connectivity index (χ4v) is 4.52. The molecule has 1 aliphatic heterocycles. The molecule has 1 saturated heterocycles. The van der Waals surface area contributed by atoms with Crippen molar-refractivity contribution in [2.45, 2.75) is 13.8 Å². The lowest BCUT2D eigenvalue weighted by Gasteiger charge is -2.14. The highest BCUT2D eigenvalue weighted by Crippen LogP contribution is 2.40. The van der Waals surface area contributed by atoms with Gasteiger partial charge < -0.3 is 14.2 Å². The molecule has 8 nitrogen and oxygen atoms in total. The Kier molecular flexibility index (Phi) is 8.76. The van der Waals surface area contributed by atoms with E-state index in [-0.39, 0.29) is 40.2 Å². The van der Waals surface area contributed by atoms with Crippen LogP contribution in [0, 0.1) is 0 Å². The van der Waals surface area contributed by atoms with E-state index >= 15 is 0 Å². The SMILES string of the molecule is CCOC(=O)CN1C(=O)S/C(=C\c2cc(Br)c(OC(=O)c3ccccc3Cl)c(OCC)c2)C1=O. The standard InChI is InChI=1S/C23H19BrClNO7S/c1-3-31-17-10-13(11-18-21(28)26(23(30)34-18)12-19(27)32-4-2)9-15(24)20(17)33-22(29)14-7-5-6-8-16(14)25/h5-11H,3-4,12H2,1-2H3/b18-11-. The summed E-state index contributed by atoms with van der Waals surface area (Å²) in [5, 5.41) is -0.324. The number of carbonyl (C=O) groups is 4. The monoisotopic (exact) mass is 567 g/mol. The largest absolute Gasteiger partial charge is 0.490 e. The van der Waals surface area contributed by atoms with Crippen LogP contribution in [0.2, 0.25) is 5.02 Å². The van der Waals surface area contributed by atoms with Crippen molar-refractivity contribution in [2.24, 2.45) is 0 Å². The molecule has 0 aromatic heterocycles. The zero-order valence-corrected chi connectivity index (χ0v) is 21.3. The minimum atomic E-state index is -0.669. The first-order valence-corrected chi connectivity index (χ1v) is 12.1. The molecule has 0 aliphatic carbocycles. The van der Waals surface area contributed by atoms with E-state index in [9.17, 15) is 19.2 Å². The molecule has 1 fully saturated rings. The second-order valence-corrected chi connectivity index (χ2v) is 8.96. The van der Waals surface area contributed by atoms with Crippen molar-refractivity contribution in [3.05, 3.63) is 61.9 Å². The molecule has 2 aromatic carbocycles. The number of amides is 2. The van der Waals surface area contributed by atoms with Crippen LogP contribution in [0.3, 0.4) is 0 Å². The highest BCUT2D eigenvalue weighted by Gasteiger charge is 2.36. The predicted molar refractivity (Wildman–Crippen MR) is 131 cm³/mol. The van der Waals surface area contributed by atoms with Crippen LogP contribution >= 0.6 is 39.3 Å². The minimum absolute atomic E-state index is 0.129. The van der Waals surface area contributed by atoms with Crippen molar-refractivity contribution in [1.82, 2.24) is 4.90 Å². The van der Waals surface area contributed by atoms with Gasteiger partial charge in [0.05, 0.1) is 33.2 Å². The van der Waals surface area contributed by atoms with Gasteiger partial charge in [0.25, 0.3) is 11.1 Å². The number of carbonyl (C=O) groups excluding carboxylic acids is 4. The van der Waals surface area contributed by atoms with Crippen LogP contribution in [-0.4, -0.2) is 47.7 Å². The number of hydrogen-bond donors (Lipinski definition) is 0. The molecule has 0 N–H and O–H groups in total. The van der Waals surface area contributed by atoms with Crippen molar-refractivity contribution in [3.63, 3.8) is 0 Å². The first-order valence-electron chi connectivity index (χ1n) is 10.1. The molecule has 1 aliphatic rings. The average molecular weight is 569 g/mol. The molecule has 178 valence electrons. The van der Waals surface area contributed by atoms with Gasteiger partial charge in [-0.15, -0.1) is 0 Å². The molecule has 2 amide bonds. The summed E-state index contributed by atoms with van der Waals surface area (Å²) in [5.74, 6) is -1.56. The summed E-state index contributed by atoms with van der Waals surface area (Å²) in [6, 6.07) is 9.66. The number of benzene rings is 2. The van der Waals surface area contributed by atoms with E-state index < -0.39 is 29.6 Å². The van der Waals surface area contributed by atoms with E-state index in [1.165, 1.54) is 6.08 Å². The second kappa shape index (κ2) is 11.5. The van der Waals surface area contributed by atoms with Gasteiger partial charge in [0.15, 0.2) is 11.5 Å². The lowest BCUT2D eigenvalue weighted by Crippen LogP contribution is -2.34. The number of hydrogen-bond acceptors (Lipinski definition) is 8. The summed E-state index contributed by atoms with van der Waals surface area (Å²) in [7, 11) is 0. The number of nitrogens with zero attached hydrogens (tertiary/aromatic N) is 1. The molecule has 0 bridgehead atoms. The van der Waals surface area contributed by atoms with Crippen molar-refractivity contribution in [3.8, 4) is 11.5 Å². The third-order valence-corrected chi connectivity index (χ3v) is 6.21. The van der Waals surface area contributed by atoms with E-state index in [1.54, 1.807) is 50.2 Å². The minimum Gasteiger partial charge on any atom is -0.490 e. The average Bonchev–Trinajstić information content (AvgIpc) is 3.04. The Morgan fingerprint density at radius 1 is 1.15 bits per heavy atom. The van der Waals surface area contributed by atoms with Crippen LogP contribution in [-0.2, 0) is 14.3 Å². The van der Waals surface area contributed by atoms with Gasteiger partial charge in [-0.25, -0.2) is 4.79 Å².